The van der Waals surface area contributed by atoms with E-state index >= 15 is 0 Å². The van der Waals surface area contributed by atoms with E-state index in [0.29, 0.717) is 0 Å². The summed E-state index contributed by atoms with van der Waals surface area (Å²) in [6.45, 7) is 0. The van der Waals surface area contributed by atoms with Gasteiger partial charge in [0, 0.05) is 18.2 Å². The van der Waals surface area contributed by atoms with E-state index in [1.54, 1.807) is 0 Å². The first-order valence-electron chi connectivity index (χ1n) is 17.1. The van der Waals surface area contributed by atoms with Crippen molar-refractivity contribution in [2.24, 2.45) is 9.98 Å². The topological polar surface area (TPSA) is 24.7 Å². The highest BCUT2D eigenvalue weighted by molar-refractivity contribution is 6.20. The molecule has 0 N–H and O–H groups in total. The Morgan fingerprint density at radius 3 is 2.27 bits per heavy atom. The standard InChI is InChI=1S/C47H34N2/c1-48-47(49-46(31-12-4-2-5-13-31)32-14-6-3-7-15-32)38-19-10-17-33(26-38)34-22-25-44-40(27-34)30-37-18-11-21-43(45(37)44)36-23-24-42-39(29-36)28-35-16-8-9-20-41(35)42/h2,4-6,10-27,29H,3,7,28,30H2,1H3. The summed E-state index contributed by atoms with van der Waals surface area (Å²) < 4.78 is 0. The molecule has 5 aromatic rings. The van der Waals surface area contributed by atoms with Crippen LogP contribution in [0.4, 0.5) is 0 Å². The van der Waals surface area contributed by atoms with Crippen molar-refractivity contribution in [3.63, 3.8) is 0 Å². The van der Waals surface area contributed by atoms with E-state index < -0.39 is 0 Å². The first-order valence-corrected chi connectivity index (χ1v) is 17.1. The monoisotopic (exact) mass is 626 g/mol. The van der Waals surface area contributed by atoms with E-state index in [1.807, 2.05) is 13.1 Å². The molecule has 232 valence electrons. The van der Waals surface area contributed by atoms with Crippen molar-refractivity contribution in [3.05, 3.63) is 196 Å². The van der Waals surface area contributed by atoms with Gasteiger partial charge >= 0.3 is 0 Å². The Bertz CT molecular complexity index is 2450. The van der Waals surface area contributed by atoms with Crippen LogP contribution in [-0.4, -0.2) is 18.6 Å². The summed E-state index contributed by atoms with van der Waals surface area (Å²) >= 11 is 0. The lowest BCUT2D eigenvalue weighted by Crippen LogP contribution is -2.10. The lowest BCUT2D eigenvalue weighted by Gasteiger charge is -2.13. The van der Waals surface area contributed by atoms with E-state index in [-0.39, 0.29) is 0 Å². The predicted molar refractivity (Wildman–Crippen MR) is 204 cm³/mol. The number of nitrogens with zero attached hydrogens (tertiary/aromatic N) is 2. The number of rotatable bonds is 5. The Morgan fingerprint density at radius 2 is 1.39 bits per heavy atom. The molecule has 4 aliphatic carbocycles. The maximum atomic E-state index is 5.19. The minimum atomic E-state index is 0.729. The molecule has 0 bridgehead atoms. The molecule has 0 aromatic heterocycles. The van der Waals surface area contributed by atoms with Gasteiger partial charge in [0.05, 0.1) is 5.71 Å². The number of fused-ring (bicyclic) bond motifs is 5. The van der Waals surface area contributed by atoms with E-state index in [1.165, 1.54) is 66.8 Å². The summed E-state index contributed by atoms with van der Waals surface area (Å²) in [6.07, 6.45) is 14.8. The van der Waals surface area contributed by atoms with Gasteiger partial charge in [0.2, 0.25) is 0 Å². The molecule has 0 heterocycles. The Morgan fingerprint density at radius 1 is 0.612 bits per heavy atom. The van der Waals surface area contributed by atoms with Crippen molar-refractivity contribution < 1.29 is 0 Å². The molecule has 0 saturated carbocycles. The van der Waals surface area contributed by atoms with Gasteiger partial charge in [-0.25, -0.2) is 4.99 Å². The van der Waals surface area contributed by atoms with Crippen molar-refractivity contribution in [3.8, 4) is 33.4 Å². The minimum absolute atomic E-state index is 0.729. The second-order valence-electron chi connectivity index (χ2n) is 13.0. The van der Waals surface area contributed by atoms with Crippen molar-refractivity contribution in [2.75, 3.05) is 7.05 Å². The van der Waals surface area contributed by atoms with Crippen molar-refractivity contribution in [1.82, 2.24) is 0 Å². The Hall–Kier alpha value is -6.04. The minimum Gasteiger partial charge on any atom is -0.270 e. The van der Waals surface area contributed by atoms with Gasteiger partial charge in [-0.05, 0) is 116 Å². The Labute approximate surface area is 287 Å². The van der Waals surface area contributed by atoms with Gasteiger partial charge in [-0.15, -0.1) is 0 Å². The van der Waals surface area contributed by atoms with Crippen LogP contribution in [0.1, 0.15) is 46.2 Å². The zero-order valence-electron chi connectivity index (χ0n) is 27.5. The maximum Gasteiger partial charge on any atom is 0.155 e. The Balaban J connectivity index is 1.04. The molecule has 4 aliphatic rings. The molecule has 0 amide bonds. The van der Waals surface area contributed by atoms with Crippen LogP contribution in [0.3, 0.4) is 0 Å². The van der Waals surface area contributed by atoms with Gasteiger partial charge < -0.3 is 0 Å². The van der Waals surface area contributed by atoms with Crippen LogP contribution in [0.25, 0.3) is 39.0 Å². The molecular weight excluding hydrogens is 593 g/mol. The van der Waals surface area contributed by atoms with Crippen LogP contribution in [-0.2, 0) is 12.8 Å². The number of hydrogen-bond acceptors (Lipinski definition) is 1. The molecule has 0 aliphatic heterocycles. The van der Waals surface area contributed by atoms with Gasteiger partial charge in [-0.2, -0.15) is 0 Å². The van der Waals surface area contributed by atoms with E-state index in [2.05, 4.69) is 150 Å². The van der Waals surface area contributed by atoms with Gasteiger partial charge in [-0.1, -0.05) is 133 Å². The maximum absolute atomic E-state index is 5.19. The second-order valence-corrected chi connectivity index (χ2v) is 13.0. The molecule has 2 nitrogen and oxygen atoms in total. The highest BCUT2D eigenvalue weighted by atomic mass is 14.9. The molecule has 0 spiro atoms. The molecule has 0 radical (unpaired) electrons. The predicted octanol–water partition coefficient (Wildman–Crippen LogP) is 10.9. The number of amidine groups is 1. The first kappa shape index (κ1) is 29.1. The van der Waals surface area contributed by atoms with E-state index in [9.17, 15) is 0 Å². The molecule has 0 unspecified atom stereocenters. The van der Waals surface area contributed by atoms with E-state index in [4.69, 9.17) is 4.99 Å². The zero-order valence-corrected chi connectivity index (χ0v) is 27.5. The average molecular weight is 627 g/mol. The zero-order chi connectivity index (χ0) is 32.7. The van der Waals surface area contributed by atoms with Crippen molar-refractivity contribution >= 4 is 17.1 Å². The number of allylic oxidation sites excluding steroid dienone is 8. The molecule has 49 heavy (non-hydrogen) atoms. The van der Waals surface area contributed by atoms with Crippen molar-refractivity contribution in [1.29, 1.82) is 0 Å². The molecule has 9 rings (SSSR count). The summed E-state index contributed by atoms with van der Waals surface area (Å²) in [5.74, 6) is 0.729. The van der Waals surface area contributed by atoms with Gasteiger partial charge in [0.25, 0.3) is 0 Å². The summed E-state index contributed by atoms with van der Waals surface area (Å²) in [4.78, 5) is 9.88. The van der Waals surface area contributed by atoms with Gasteiger partial charge in [0.15, 0.2) is 5.84 Å². The summed E-state index contributed by atoms with van der Waals surface area (Å²) in [6, 6.07) is 39.8. The van der Waals surface area contributed by atoms with Crippen LogP contribution >= 0.6 is 0 Å². The third-order valence-electron chi connectivity index (χ3n) is 10.1. The van der Waals surface area contributed by atoms with Crippen LogP contribution in [0.15, 0.2) is 172 Å². The van der Waals surface area contributed by atoms with Crippen LogP contribution in [0, 0.1) is 0 Å². The van der Waals surface area contributed by atoms with Crippen LogP contribution in [0.2, 0.25) is 0 Å². The summed E-state index contributed by atoms with van der Waals surface area (Å²) in [5.41, 5.74) is 26.2. The smallest absolute Gasteiger partial charge is 0.155 e. The summed E-state index contributed by atoms with van der Waals surface area (Å²) in [7, 11) is 1.83. The first-order chi connectivity index (χ1) is 24.2. The highest BCUT2D eigenvalue weighted by Crippen LogP contribution is 2.45. The normalized spacial score (nSPS) is 15.7. The third-order valence-corrected chi connectivity index (χ3v) is 10.1. The average Bonchev–Trinajstić information content (AvgIpc) is 3.73. The fourth-order valence-corrected chi connectivity index (χ4v) is 7.73. The molecule has 0 fully saturated rings. The third kappa shape index (κ3) is 5.25. The molecule has 0 saturated heterocycles. The Kier molecular flexibility index (Phi) is 7.25. The lowest BCUT2D eigenvalue weighted by molar-refractivity contribution is 1.03. The second kappa shape index (κ2) is 12.2. The summed E-state index contributed by atoms with van der Waals surface area (Å²) in [5, 5.41) is 0. The molecule has 0 atom stereocenters. The molecular formula is C47H34N2. The van der Waals surface area contributed by atoms with Crippen LogP contribution < -0.4 is 0 Å². The van der Waals surface area contributed by atoms with Crippen molar-refractivity contribution in [2.45, 2.75) is 25.7 Å². The molecule has 2 heteroatoms. The van der Waals surface area contributed by atoms with Gasteiger partial charge in [0.1, 0.15) is 0 Å². The van der Waals surface area contributed by atoms with E-state index in [0.717, 1.165) is 53.9 Å². The highest BCUT2D eigenvalue weighted by Gasteiger charge is 2.25. The molecule has 5 aromatic carbocycles. The number of aliphatic imine (C=N–C) groups is 2. The number of benzene rings is 5. The number of hydrogen-bond donors (Lipinski definition) is 0. The van der Waals surface area contributed by atoms with Crippen LogP contribution in [0.5, 0.6) is 0 Å². The fourth-order valence-electron chi connectivity index (χ4n) is 7.73. The van der Waals surface area contributed by atoms with Gasteiger partial charge in [-0.3, -0.25) is 4.99 Å². The lowest BCUT2D eigenvalue weighted by atomic mass is 9.91. The largest absolute Gasteiger partial charge is 0.270 e. The quantitative estimate of drug-likeness (QED) is 0.103. The fraction of sp³-hybridized carbons (Fsp3) is 0.106. The SMILES string of the molecule is CN=C(N=C(C1=CCCC=C1)c1ccccc1)c1cccc(-c2ccc3c(c2)Cc2cccc(-c4ccc5c(c4)CC4=C5C=C=C=C4)c2-3)c1.